The van der Waals surface area contributed by atoms with Crippen molar-refractivity contribution in [1.82, 2.24) is 0 Å². The van der Waals surface area contributed by atoms with Crippen LogP contribution in [0.1, 0.15) is 55.5 Å². The number of unbranched alkanes of at least 4 members (excludes halogenated alkanes) is 3. The summed E-state index contributed by atoms with van der Waals surface area (Å²) in [7, 11) is 0. The summed E-state index contributed by atoms with van der Waals surface area (Å²) in [5, 5.41) is 2.72. The lowest BCUT2D eigenvalue weighted by Crippen LogP contribution is -2.28. The largest absolute Gasteiger partial charge is 0.326 e. The highest BCUT2D eigenvalue weighted by Gasteiger charge is 2.35. The molecule has 2 aromatic rings. The average molecular weight is 415 g/mol. The SMILES string of the molecule is CCCCCCC(=O)Nc1ccc([C@H]2SCC(=O)N2c2cccc(F)c2C)cc1. The predicted molar refractivity (Wildman–Crippen MR) is 118 cm³/mol. The molecule has 4 nitrogen and oxygen atoms in total. The Morgan fingerprint density at radius 2 is 1.93 bits per heavy atom. The van der Waals surface area contributed by atoms with Gasteiger partial charge in [0.15, 0.2) is 0 Å². The molecular formula is C23H27FN2O2S. The monoisotopic (exact) mass is 414 g/mol. The number of nitrogens with zero attached hydrogens (tertiary/aromatic N) is 1. The van der Waals surface area contributed by atoms with Gasteiger partial charge in [-0.25, -0.2) is 4.39 Å². The van der Waals surface area contributed by atoms with E-state index in [2.05, 4.69) is 12.2 Å². The quantitative estimate of drug-likeness (QED) is 0.554. The highest BCUT2D eigenvalue weighted by molar-refractivity contribution is 8.00. The van der Waals surface area contributed by atoms with Crippen molar-refractivity contribution in [3.8, 4) is 0 Å². The molecule has 0 saturated carbocycles. The standard InChI is InChI=1S/C23H27FN2O2S/c1-3-4-5-6-10-21(27)25-18-13-11-17(12-14-18)23-26(22(28)15-29-23)20-9-7-8-19(24)16(20)2/h7-9,11-14,23H,3-6,10,15H2,1-2H3,(H,25,27)/t23-/m1/s1. The molecule has 1 atom stereocenters. The number of benzene rings is 2. The van der Waals surface area contributed by atoms with Crippen LogP contribution in [0.4, 0.5) is 15.8 Å². The summed E-state index contributed by atoms with van der Waals surface area (Å²) in [6.07, 6.45) is 4.81. The molecule has 1 aliphatic heterocycles. The van der Waals surface area contributed by atoms with Gasteiger partial charge >= 0.3 is 0 Å². The van der Waals surface area contributed by atoms with Gasteiger partial charge in [-0.1, -0.05) is 44.4 Å². The van der Waals surface area contributed by atoms with E-state index in [0.717, 1.165) is 36.9 Å². The van der Waals surface area contributed by atoms with Crippen LogP contribution in [-0.2, 0) is 9.59 Å². The smallest absolute Gasteiger partial charge is 0.238 e. The fourth-order valence-electron chi connectivity index (χ4n) is 3.46. The first-order valence-corrected chi connectivity index (χ1v) is 11.1. The van der Waals surface area contributed by atoms with Crippen LogP contribution in [0.5, 0.6) is 0 Å². The van der Waals surface area contributed by atoms with Crippen LogP contribution in [0, 0.1) is 12.7 Å². The molecule has 1 saturated heterocycles. The van der Waals surface area contributed by atoms with E-state index in [0.29, 0.717) is 23.4 Å². The van der Waals surface area contributed by atoms with Crippen molar-refractivity contribution in [3.63, 3.8) is 0 Å². The molecule has 0 aromatic heterocycles. The molecule has 2 aromatic carbocycles. The number of halogens is 1. The van der Waals surface area contributed by atoms with E-state index in [9.17, 15) is 14.0 Å². The van der Waals surface area contributed by atoms with Crippen molar-refractivity contribution < 1.29 is 14.0 Å². The maximum Gasteiger partial charge on any atom is 0.238 e. The highest BCUT2D eigenvalue weighted by atomic mass is 32.2. The molecule has 0 aliphatic carbocycles. The molecule has 6 heteroatoms. The third kappa shape index (κ3) is 5.18. The van der Waals surface area contributed by atoms with Crippen molar-refractivity contribution in [2.75, 3.05) is 16.0 Å². The van der Waals surface area contributed by atoms with E-state index in [1.165, 1.54) is 17.8 Å². The predicted octanol–water partition coefficient (Wildman–Crippen LogP) is 5.82. The molecule has 0 unspecified atom stereocenters. The molecule has 1 aliphatic rings. The third-order valence-corrected chi connectivity index (χ3v) is 6.32. The van der Waals surface area contributed by atoms with Crippen LogP contribution in [-0.4, -0.2) is 17.6 Å². The summed E-state index contributed by atoms with van der Waals surface area (Å²) in [5.74, 6) is 0.0361. The van der Waals surface area contributed by atoms with Crippen molar-refractivity contribution in [2.45, 2.75) is 51.3 Å². The molecule has 1 heterocycles. The maximum atomic E-state index is 14.0. The Kier molecular flexibility index (Phi) is 7.31. The lowest BCUT2D eigenvalue weighted by Gasteiger charge is -2.26. The normalized spacial score (nSPS) is 16.3. The third-order valence-electron chi connectivity index (χ3n) is 5.10. The van der Waals surface area contributed by atoms with Gasteiger partial charge in [-0.3, -0.25) is 14.5 Å². The number of carbonyl (C=O) groups excluding carboxylic acids is 2. The number of hydrogen-bond donors (Lipinski definition) is 1. The van der Waals surface area contributed by atoms with Crippen molar-refractivity contribution in [3.05, 3.63) is 59.4 Å². The minimum Gasteiger partial charge on any atom is -0.326 e. The van der Waals surface area contributed by atoms with Crippen LogP contribution < -0.4 is 10.2 Å². The minimum atomic E-state index is -0.317. The second-order valence-corrected chi connectivity index (χ2v) is 8.36. The Bertz CT molecular complexity index is 870. The Balaban J connectivity index is 1.69. The zero-order valence-electron chi connectivity index (χ0n) is 16.9. The topological polar surface area (TPSA) is 49.4 Å². The van der Waals surface area contributed by atoms with Gasteiger partial charge < -0.3 is 5.32 Å². The van der Waals surface area contributed by atoms with E-state index >= 15 is 0 Å². The molecule has 0 bridgehead atoms. The summed E-state index contributed by atoms with van der Waals surface area (Å²) in [5.41, 5.74) is 2.78. The van der Waals surface area contributed by atoms with Gasteiger partial charge in [-0.05, 0) is 43.2 Å². The van der Waals surface area contributed by atoms with Crippen LogP contribution >= 0.6 is 11.8 Å². The fourth-order valence-corrected chi connectivity index (χ4v) is 4.62. The number of rotatable bonds is 8. The van der Waals surface area contributed by atoms with Gasteiger partial charge in [0.25, 0.3) is 0 Å². The summed E-state index contributed by atoms with van der Waals surface area (Å²) < 4.78 is 14.0. The lowest BCUT2D eigenvalue weighted by atomic mass is 10.1. The first kappa shape index (κ1) is 21.4. The van der Waals surface area contributed by atoms with E-state index in [4.69, 9.17) is 0 Å². The van der Waals surface area contributed by atoms with Crippen LogP contribution in [0.2, 0.25) is 0 Å². The van der Waals surface area contributed by atoms with Gasteiger partial charge in [-0.15, -0.1) is 11.8 Å². The zero-order chi connectivity index (χ0) is 20.8. The van der Waals surface area contributed by atoms with Crippen molar-refractivity contribution in [1.29, 1.82) is 0 Å². The van der Waals surface area contributed by atoms with Gasteiger partial charge in [-0.2, -0.15) is 0 Å². The van der Waals surface area contributed by atoms with Crippen LogP contribution in [0.3, 0.4) is 0 Å². The van der Waals surface area contributed by atoms with Crippen molar-refractivity contribution in [2.24, 2.45) is 0 Å². The minimum absolute atomic E-state index is 0.0243. The molecule has 1 N–H and O–H groups in total. The lowest BCUT2D eigenvalue weighted by molar-refractivity contribution is -0.116. The molecule has 0 spiro atoms. The van der Waals surface area contributed by atoms with Crippen molar-refractivity contribution >= 4 is 35.0 Å². The van der Waals surface area contributed by atoms with Crippen LogP contribution in [0.25, 0.3) is 0 Å². The van der Waals surface area contributed by atoms with Gasteiger partial charge in [0.1, 0.15) is 11.2 Å². The number of nitrogens with one attached hydrogen (secondary N) is 1. The molecule has 154 valence electrons. The average Bonchev–Trinajstić information content (AvgIpc) is 3.09. The van der Waals surface area contributed by atoms with Crippen LogP contribution in [0.15, 0.2) is 42.5 Å². The van der Waals surface area contributed by atoms with Gasteiger partial charge in [0, 0.05) is 17.7 Å². The molecule has 2 amide bonds. The molecule has 3 rings (SSSR count). The Morgan fingerprint density at radius 1 is 1.17 bits per heavy atom. The summed E-state index contributed by atoms with van der Waals surface area (Å²) in [4.78, 5) is 26.2. The fraction of sp³-hybridized carbons (Fsp3) is 0.391. The number of anilines is 2. The molecular weight excluding hydrogens is 387 g/mol. The van der Waals surface area contributed by atoms with E-state index in [1.807, 2.05) is 24.3 Å². The number of amides is 2. The number of hydrogen-bond acceptors (Lipinski definition) is 3. The summed E-state index contributed by atoms with van der Waals surface area (Å²) >= 11 is 1.52. The van der Waals surface area contributed by atoms with E-state index in [1.54, 1.807) is 24.0 Å². The Morgan fingerprint density at radius 3 is 2.66 bits per heavy atom. The summed E-state index contributed by atoms with van der Waals surface area (Å²) in [6.45, 7) is 3.84. The Labute approximate surface area is 175 Å². The Hall–Kier alpha value is -2.34. The van der Waals surface area contributed by atoms with E-state index in [-0.39, 0.29) is 23.0 Å². The number of carbonyl (C=O) groups is 2. The van der Waals surface area contributed by atoms with Gasteiger partial charge in [0.2, 0.25) is 11.8 Å². The zero-order valence-corrected chi connectivity index (χ0v) is 17.7. The van der Waals surface area contributed by atoms with Gasteiger partial charge in [0.05, 0.1) is 11.4 Å². The maximum absolute atomic E-state index is 14.0. The second-order valence-electron chi connectivity index (χ2n) is 7.29. The highest BCUT2D eigenvalue weighted by Crippen LogP contribution is 2.43. The molecule has 29 heavy (non-hydrogen) atoms. The first-order chi connectivity index (χ1) is 14.0. The first-order valence-electron chi connectivity index (χ1n) is 10.1. The molecule has 1 fully saturated rings. The molecule has 0 radical (unpaired) electrons. The number of thioether (sulfide) groups is 1. The van der Waals surface area contributed by atoms with E-state index < -0.39 is 0 Å². The summed E-state index contributed by atoms with van der Waals surface area (Å²) in [6, 6.07) is 12.4. The second kappa shape index (κ2) is 9.92.